The fourth-order valence-corrected chi connectivity index (χ4v) is 1.46. The summed E-state index contributed by atoms with van der Waals surface area (Å²) in [6, 6.07) is 7.45. The lowest BCUT2D eigenvalue weighted by molar-refractivity contribution is 0.415. The van der Waals surface area contributed by atoms with Gasteiger partial charge in [-0.3, -0.25) is 0 Å². The molecule has 0 unspecified atom stereocenters. The van der Waals surface area contributed by atoms with Crippen molar-refractivity contribution >= 4 is 16.6 Å². The molecule has 4 heteroatoms. The van der Waals surface area contributed by atoms with Crippen LogP contribution in [0.3, 0.4) is 0 Å². The standard InChI is InChI=1S/C11H9N3O/c1-15-8-2-3-9-10(4-8)7(5-12)6-14-11(9)13/h2-4,6H,1H3,(H2,13,14). The van der Waals surface area contributed by atoms with Crippen molar-refractivity contribution in [2.75, 3.05) is 12.8 Å². The second-order valence-electron chi connectivity index (χ2n) is 3.08. The molecule has 0 aliphatic rings. The largest absolute Gasteiger partial charge is 0.497 e. The number of nitrogens with two attached hydrogens (primary N) is 1. The molecule has 0 fully saturated rings. The Hall–Kier alpha value is -2.28. The Kier molecular flexibility index (Phi) is 2.14. The number of nitrogen functional groups attached to an aromatic ring is 1. The van der Waals surface area contributed by atoms with Crippen LogP contribution in [0.15, 0.2) is 24.4 Å². The average molecular weight is 199 g/mol. The normalized spacial score (nSPS) is 9.87. The minimum atomic E-state index is 0.423. The number of rotatable bonds is 1. The zero-order valence-electron chi connectivity index (χ0n) is 8.19. The molecule has 15 heavy (non-hydrogen) atoms. The molecule has 0 amide bonds. The van der Waals surface area contributed by atoms with Gasteiger partial charge >= 0.3 is 0 Å². The zero-order chi connectivity index (χ0) is 10.8. The third-order valence-corrected chi connectivity index (χ3v) is 2.25. The predicted octanol–water partition coefficient (Wildman–Crippen LogP) is 1.70. The molecule has 4 nitrogen and oxygen atoms in total. The third kappa shape index (κ3) is 1.44. The van der Waals surface area contributed by atoms with Crippen LogP contribution in [0.5, 0.6) is 5.75 Å². The molecule has 0 atom stereocenters. The average Bonchev–Trinajstić information content (AvgIpc) is 2.29. The van der Waals surface area contributed by atoms with Crippen LogP contribution in [0, 0.1) is 11.3 Å². The molecule has 0 spiro atoms. The van der Waals surface area contributed by atoms with Gasteiger partial charge in [0.1, 0.15) is 17.6 Å². The summed E-state index contributed by atoms with van der Waals surface area (Å²) in [4.78, 5) is 3.95. The van der Waals surface area contributed by atoms with Gasteiger partial charge in [-0.15, -0.1) is 0 Å². The van der Waals surface area contributed by atoms with Crippen LogP contribution in [0.2, 0.25) is 0 Å². The molecule has 2 rings (SSSR count). The third-order valence-electron chi connectivity index (χ3n) is 2.25. The van der Waals surface area contributed by atoms with Crippen molar-refractivity contribution in [2.45, 2.75) is 0 Å². The first-order valence-electron chi connectivity index (χ1n) is 4.38. The molecule has 2 N–H and O–H groups in total. The summed E-state index contributed by atoms with van der Waals surface area (Å²) in [7, 11) is 1.58. The van der Waals surface area contributed by atoms with Crippen molar-refractivity contribution in [1.82, 2.24) is 4.98 Å². The van der Waals surface area contributed by atoms with Gasteiger partial charge in [-0.2, -0.15) is 5.26 Å². The lowest BCUT2D eigenvalue weighted by Crippen LogP contribution is -1.94. The second kappa shape index (κ2) is 3.46. The van der Waals surface area contributed by atoms with Gasteiger partial charge in [0, 0.05) is 17.0 Å². The number of methoxy groups -OCH3 is 1. The van der Waals surface area contributed by atoms with Crippen molar-refractivity contribution in [3.8, 4) is 11.8 Å². The Morgan fingerprint density at radius 3 is 2.87 bits per heavy atom. The number of anilines is 1. The van der Waals surface area contributed by atoms with Crippen LogP contribution in [-0.2, 0) is 0 Å². The maximum Gasteiger partial charge on any atom is 0.131 e. The number of benzene rings is 1. The number of hydrogen-bond acceptors (Lipinski definition) is 4. The highest BCUT2D eigenvalue weighted by Crippen LogP contribution is 2.26. The summed E-state index contributed by atoms with van der Waals surface area (Å²) >= 11 is 0. The van der Waals surface area contributed by atoms with Crippen molar-refractivity contribution in [2.24, 2.45) is 0 Å². The molecule has 0 aliphatic carbocycles. The highest BCUT2D eigenvalue weighted by Gasteiger charge is 2.05. The van der Waals surface area contributed by atoms with E-state index in [0.717, 1.165) is 10.8 Å². The van der Waals surface area contributed by atoms with Crippen LogP contribution in [0.1, 0.15) is 5.56 Å². The van der Waals surface area contributed by atoms with Crippen molar-refractivity contribution in [3.05, 3.63) is 30.0 Å². The van der Waals surface area contributed by atoms with E-state index in [2.05, 4.69) is 11.1 Å². The summed E-state index contributed by atoms with van der Waals surface area (Å²) < 4.78 is 5.09. The Balaban J connectivity index is 2.84. The maximum atomic E-state index is 8.92. The number of pyridine rings is 1. The summed E-state index contributed by atoms with van der Waals surface area (Å²) in [6.07, 6.45) is 1.47. The maximum absolute atomic E-state index is 8.92. The van der Waals surface area contributed by atoms with Crippen LogP contribution >= 0.6 is 0 Å². The van der Waals surface area contributed by atoms with E-state index in [-0.39, 0.29) is 0 Å². The first-order valence-corrected chi connectivity index (χ1v) is 4.38. The number of aromatic nitrogens is 1. The van der Waals surface area contributed by atoms with E-state index in [4.69, 9.17) is 15.7 Å². The SMILES string of the molecule is COc1ccc2c(N)ncc(C#N)c2c1. The lowest BCUT2D eigenvalue weighted by Gasteiger charge is -2.05. The first-order chi connectivity index (χ1) is 7.26. The van der Waals surface area contributed by atoms with Crippen LogP contribution in [0.25, 0.3) is 10.8 Å². The smallest absolute Gasteiger partial charge is 0.131 e. The number of ether oxygens (including phenoxy) is 1. The van der Waals surface area contributed by atoms with Gasteiger partial charge < -0.3 is 10.5 Å². The molecular weight excluding hydrogens is 190 g/mol. The summed E-state index contributed by atoms with van der Waals surface area (Å²) in [6.45, 7) is 0. The van der Waals surface area contributed by atoms with Gasteiger partial charge in [-0.05, 0) is 18.2 Å². The lowest BCUT2D eigenvalue weighted by atomic mass is 10.1. The van der Waals surface area contributed by atoms with Crippen molar-refractivity contribution in [1.29, 1.82) is 5.26 Å². The van der Waals surface area contributed by atoms with Gasteiger partial charge in [0.15, 0.2) is 0 Å². The van der Waals surface area contributed by atoms with Gasteiger partial charge in [0.25, 0.3) is 0 Å². The number of nitrogens with zero attached hydrogens (tertiary/aromatic N) is 2. The van der Waals surface area contributed by atoms with E-state index >= 15 is 0 Å². The van der Waals surface area contributed by atoms with Crippen LogP contribution in [-0.4, -0.2) is 12.1 Å². The summed E-state index contributed by atoms with van der Waals surface area (Å²) in [5.41, 5.74) is 6.21. The van der Waals surface area contributed by atoms with Crippen molar-refractivity contribution < 1.29 is 4.74 Å². The fourth-order valence-electron chi connectivity index (χ4n) is 1.46. The highest BCUT2D eigenvalue weighted by molar-refractivity contribution is 5.95. The van der Waals surface area contributed by atoms with Gasteiger partial charge in [0.05, 0.1) is 12.7 Å². The fraction of sp³-hybridized carbons (Fsp3) is 0.0909. The van der Waals surface area contributed by atoms with E-state index in [0.29, 0.717) is 17.1 Å². The summed E-state index contributed by atoms with van der Waals surface area (Å²) in [5.74, 6) is 1.12. The Bertz CT molecular complexity index is 557. The number of nitriles is 1. The quantitative estimate of drug-likeness (QED) is 0.758. The Labute approximate surface area is 86.9 Å². The first kappa shape index (κ1) is 9.28. The molecule has 2 aromatic rings. The minimum absolute atomic E-state index is 0.423. The molecule has 0 saturated heterocycles. The molecule has 0 saturated carbocycles. The van der Waals surface area contributed by atoms with E-state index in [1.807, 2.05) is 0 Å². The van der Waals surface area contributed by atoms with E-state index in [1.165, 1.54) is 6.20 Å². The van der Waals surface area contributed by atoms with Crippen molar-refractivity contribution in [3.63, 3.8) is 0 Å². The summed E-state index contributed by atoms with van der Waals surface area (Å²) in [5, 5.41) is 10.5. The monoisotopic (exact) mass is 199 g/mol. The number of hydrogen-bond donors (Lipinski definition) is 1. The molecular formula is C11H9N3O. The molecule has 1 aromatic carbocycles. The van der Waals surface area contributed by atoms with Gasteiger partial charge in [0.2, 0.25) is 0 Å². The molecule has 0 aliphatic heterocycles. The van der Waals surface area contributed by atoms with Crippen LogP contribution < -0.4 is 10.5 Å². The van der Waals surface area contributed by atoms with Gasteiger partial charge in [-0.1, -0.05) is 0 Å². The van der Waals surface area contributed by atoms with E-state index in [1.54, 1.807) is 25.3 Å². The second-order valence-corrected chi connectivity index (χ2v) is 3.08. The zero-order valence-corrected chi connectivity index (χ0v) is 8.19. The number of fused-ring (bicyclic) bond motifs is 1. The van der Waals surface area contributed by atoms with E-state index < -0.39 is 0 Å². The molecule has 1 aromatic heterocycles. The Morgan fingerprint density at radius 1 is 1.40 bits per heavy atom. The molecule has 0 radical (unpaired) electrons. The highest BCUT2D eigenvalue weighted by atomic mass is 16.5. The molecule has 74 valence electrons. The topological polar surface area (TPSA) is 71.9 Å². The molecule has 0 bridgehead atoms. The minimum Gasteiger partial charge on any atom is -0.497 e. The van der Waals surface area contributed by atoms with E-state index in [9.17, 15) is 0 Å². The van der Waals surface area contributed by atoms with Gasteiger partial charge in [-0.25, -0.2) is 4.98 Å². The molecule has 1 heterocycles. The predicted molar refractivity (Wildman–Crippen MR) is 57.4 cm³/mol. The van der Waals surface area contributed by atoms with Crippen LogP contribution in [0.4, 0.5) is 5.82 Å². The Morgan fingerprint density at radius 2 is 2.20 bits per heavy atom.